The van der Waals surface area contributed by atoms with Gasteiger partial charge in [-0.25, -0.2) is 4.39 Å². The van der Waals surface area contributed by atoms with Crippen molar-refractivity contribution in [1.29, 1.82) is 0 Å². The molecule has 1 N–H and O–H groups in total. The van der Waals surface area contributed by atoms with E-state index in [1.807, 2.05) is 26.8 Å². The summed E-state index contributed by atoms with van der Waals surface area (Å²) >= 11 is 1.16. The molecule has 7 heteroatoms. The topological polar surface area (TPSA) is 60.3 Å². The van der Waals surface area contributed by atoms with E-state index in [1.54, 1.807) is 16.7 Å². The first kappa shape index (κ1) is 19.1. The Morgan fingerprint density at radius 2 is 1.93 bits per heavy atom. The smallest absolute Gasteiger partial charge is 0.308 e. The van der Waals surface area contributed by atoms with Crippen LogP contribution >= 0.6 is 11.3 Å². The number of carbonyl (C=O) groups is 1. The molecule has 27 heavy (non-hydrogen) atoms. The number of aromatic nitrogens is 1. The van der Waals surface area contributed by atoms with E-state index in [-0.39, 0.29) is 22.6 Å². The van der Waals surface area contributed by atoms with Crippen LogP contribution in [0.15, 0.2) is 47.3 Å². The highest BCUT2D eigenvalue weighted by molar-refractivity contribution is 7.16. The van der Waals surface area contributed by atoms with Gasteiger partial charge in [0.15, 0.2) is 6.10 Å². The summed E-state index contributed by atoms with van der Waals surface area (Å²) in [7, 11) is 0. The van der Waals surface area contributed by atoms with E-state index in [1.165, 1.54) is 24.3 Å². The molecule has 1 amide bonds. The van der Waals surface area contributed by atoms with Crippen LogP contribution in [0.5, 0.6) is 5.75 Å². The molecule has 0 unspecified atom stereocenters. The summed E-state index contributed by atoms with van der Waals surface area (Å²) in [5, 5.41) is 2.83. The summed E-state index contributed by atoms with van der Waals surface area (Å²) in [6, 6.07) is 11.0. The van der Waals surface area contributed by atoms with Crippen LogP contribution < -0.4 is 14.9 Å². The Kier molecular flexibility index (Phi) is 5.60. The van der Waals surface area contributed by atoms with Gasteiger partial charge in [-0.1, -0.05) is 18.3 Å². The lowest BCUT2D eigenvalue weighted by atomic mass is 10.2. The minimum absolute atomic E-state index is 0.0189. The van der Waals surface area contributed by atoms with E-state index in [4.69, 9.17) is 4.74 Å². The normalized spacial score (nSPS) is 12.3. The monoisotopic (exact) mass is 388 g/mol. The van der Waals surface area contributed by atoms with Crippen molar-refractivity contribution < 1.29 is 13.9 Å². The van der Waals surface area contributed by atoms with Crippen LogP contribution in [0, 0.1) is 5.82 Å². The number of benzene rings is 2. The van der Waals surface area contributed by atoms with Gasteiger partial charge in [0.2, 0.25) is 0 Å². The number of hydrogen-bond donors (Lipinski definition) is 1. The van der Waals surface area contributed by atoms with Gasteiger partial charge >= 0.3 is 4.87 Å². The van der Waals surface area contributed by atoms with Gasteiger partial charge in [-0.05, 0) is 62.7 Å². The lowest BCUT2D eigenvalue weighted by Crippen LogP contribution is -2.32. The summed E-state index contributed by atoms with van der Waals surface area (Å²) in [5.41, 5.74) is 1.46. The minimum atomic E-state index is -0.704. The number of ether oxygens (including phenoxy) is 1. The average molecular weight is 388 g/mol. The molecule has 0 bridgehead atoms. The van der Waals surface area contributed by atoms with Crippen molar-refractivity contribution in [2.75, 3.05) is 5.32 Å². The largest absolute Gasteiger partial charge is 0.481 e. The highest BCUT2D eigenvalue weighted by Crippen LogP contribution is 2.24. The number of anilines is 1. The van der Waals surface area contributed by atoms with Crippen LogP contribution in [0.3, 0.4) is 0 Å². The number of thiazole rings is 1. The average Bonchev–Trinajstić information content (AvgIpc) is 2.96. The standard InChI is InChI=1S/C20H21FN2O3S/c1-4-17(26-15-8-5-13(21)6-9-15)19(24)22-14-7-10-16-18(11-14)27-20(25)23(16)12(2)3/h5-12,17H,4H2,1-3H3,(H,22,24)/t17-/m0/s1. The molecule has 0 aliphatic heterocycles. The summed E-state index contributed by atoms with van der Waals surface area (Å²) in [4.78, 5) is 24.7. The summed E-state index contributed by atoms with van der Waals surface area (Å²) in [6.07, 6.45) is -0.243. The first-order chi connectivity index (χ1) is 12.9. The van der Waals surface area contributed by atoms with Gasteiger partial charge in [0.05, 0.1) is 10.2 Å². The lowest BCUT2D eigenvalue weighted by Gasteiger charge is -2.17. The highest BCUT2D eigenvalue weighted by atomic mass is 32.1. The molecule has 3 rings (SSSR count). The second kappa shape index (κ2) is 7.92. The third kappa shape index (κ3) is 4.19. The molecule has 0 saturated heterocycles. The highest BCUT2D eigenvalue weighted by Gasteiger charge is 2.19. The van der Waals surface area contributed by atoms with Crippen molar-refractivity contribution in [3.63, 3.8) is 0 Å². The quantitative estimate of drug-likeness (QED) is 0.672. The Balaban J connectivity index is 1.77. The van der Waals surface area contributed by atoms with Crippen molar-refractivity contribution in [2.45, 2.75) is 39.3 Å². The number of halogens is 1. The molecular formula is C20H21FN2O3S. The Morgan fingerprint density at radius 3 is 2.56 bits per heavy atom. The molecule has 1 atom stereocenters. The first-order valence-electron chi connectivity index (χ1n) is 8.77. The molecule has 1 aromatic heterocycles. The Morgan fingerprint density at radius 1 is 1.22 bits per heavy atom. The SMILES string of the molecule is CC[C@H](Oc1ccc(F)cc1)C(=O)Nc1ccc2c(c1)sc(=O)n2C(C)C. The maximum Gasteiger partial charge on any atom is 0.308 e. The molecule has 2 aromatic carbocycles. The lowest BCUT2D eigenvalue weighted by molar-refractivity contribution is -0.122. The number of amides is 1. The molecule has 5 nitrogen and oxygen atoms in total. The number of rotatable bonds is 6. The first-order valence-corrected chi connectivity index (χ1v) is 9.59. The Hall–Kier alpha value is -2.67. The van der Waals surface area contributed by atoms with Gasteiger partial charge in [-0.2, -0.15) is 0 Å². The molecule has 0 fully saturated rings. The molecule has 3 aromatic rings. The molecule has 0 spiro atoms. The van der Waals surface area contributed by atoms with E-state index in [0.717, 1.165) is 21.6 Å². The van der Waals surface area contributed by atoms with Crippen LogP contribution in [0.4, 0.5) is 10.1 Å². The zero-order valence-corrected chi connectivity index (χ0v) is 16.2. The fraction of sp³-hybridized carbons (Fsp3) is 0.300. The molecule has 0 saturated carbocycles. The van der Waals surface area contributed by atoms with Gasteiger partial charge in [0, 0.05) is 11.7 Å². The Labute approximate surface area is 160 Å². The zero-order chi connectivity index (χ0) is 19.6. The van der Waals surface area contributed by atoms with Crippen LogP contribution in [0.2, 0.25) is 0 Å². The van der Waals surface area contributed by atoms with E-state index in [9.17, 15) is 14.0 Å². The number of nitrogens with zero attached hydrogens (tertiary/aromatic N) is 1. The van der Waals surface area contributed by atoms with E-state index in [2.05, 4.69) is 5.32 Å². The van der Waals surface area contributed by atoms with E-state index >= 15 is 0 Å². The van der Waals surface area contributed by atoms with Gasteiger partial charge in [0.25, 0.3) is 5.91 Å². The van der Waals surface area contributed by atoms with Crippen LogP contribution in [-0.4, -0.2) is 16.6 Å². The second-order valence-corrected chi connectivity index (χ2v) is 7.47. The van der Waals surface area contributed by atoms with E-state index in [0.29, 0.717) is 17.9 Å². The second-order valence-electron chi connectivity index (χ2n) is 6.47. The summed E-state index contributed by atoms with van der Waals surface area (Å²) in [6.45, 7) is 5.76. The van der Waals surface area contributed by atoms with Crippen molar-refractivity contribution in [2.24, 2.45) is 0 Å². The molecule has 142 valence electrons. The minimum Gasteiger partial charge on any atom is -0.481 e. The van der Waals surface area contributed by atoms with Gasteiger partial charge in [-0.15, -0.1) is 0 Å². The van der Waals surface area contributed by atoms with Crippen molar-refractivity contribution in [3.8, 4) is 5.75 Å². The number of hydrogen-bond acceptors (Lipinski definition) is 4. The third-order valence-electron chi connectivity index (χ3n) is 4.15. The molecular weight excluding hydrogens is 367 g/mol. The number of carbonyl (C=O) groups excluding carboxylic acids is 1. The summed E-state index contributed by atoms with van der Waals surface area (Å²) < 4.78 is 21.2. The molecule has 0 aliphatic rings. The van der Waals surface area contributed by atoms with Gasteiger partial charge < -0.3 is 10.1 Å². The molecule has 0 radical (unpaired) electrons. The van der Waals surface area contributed by atoms with Crippen LogP contribution in [-0.2, 0) is 4.79 Å². The van der Waals surface area contributed by atoms with E-state index < -0.39 is 6.10 Å². The summed E-state index contributed by atoms with van der Waals surface area (Å²) in [5.74, 6) is -0.224. The maximum atomic E-state index is 13.0. The fourth-order valence-electron chi connectivity index (χ4n) is 2.83. The van der Waals surface area contributed by atoms with Crippen LogP contribution in [0.25, 0.3) is 10.2 Å². The fourth-order valence-corrected chi connectivity index (χ4v) is 3.88. The van der Waals surface area contributed by atoms with Crippen LogP contribution in [0.1, 0.15) is 33.2 Å². The van der Waals surface area contributed by atoms with Crippen molar-refractivity contribution in [1.82, 2.24) is 4.57 Å². The van der Waals surface area contributed by atoms with Crippen molar-refractivity contribution >= 4 is 33.1 Å². The maximum absolute atomic E-state index is 13.0. The van der Waals surface area contributed by atoms with Crippen molar-refractivity contribution in [3.05, 3.63) is 57.9 Å². The van der Waals surface area contributed by atoms with Gasteiger partial charge in [0.1, 0.15) is 11.6 Å². The molecule has 0 aliphatic carbocycles. The number of fused-ring (bicyclic) bond motifs is 1. The predicted octanol–water partition coefficient (Wildman–Crippen LogP) is 4.58. The predicted molar refractivity (Wildman–Crippen MR) is 106 cm³/mol. The number of nitrogens with one attached hydrogen (secondary N) is 1. The Bertz CT molecular complexity index is 1010. The van der Waals surface area contributed by atoms with Gasteiger partial charge in [-0.3, -0.25) is 14.2 Å². The zero-order valence-electron chi connectivity index (χ0n) is 15.4. The molecule has 1 heterocycles. The third-order valence-corrected chi connectivity index (χ3v) is 5.07.